The van der Waals surface area contributed by atoms with Gasteiger partial charge in [-0.1, -0.05) is 6.07 Å². The number of halogens is 1. The van der Waals surface area contributed by atoms with Gasteiger partial charge in [0.05, 0.1) is 0 Å². The monoisotopic (exact) mass is 205 g/mol. The molecule has 76 valence electrons. The van der Waals surface area contributed by atoms with Gasteiger partial charge in [0, 0.05) is 11.9 Å². The first-order valence-corrected chi connectivity index (χ1v) is 4.35. The van der Waals surface area contributed by atoms with Crippen LogP contribution in [0, 0.1) is 5.82 Å². The highest BCUT2D eigenvalue weighted by atomic mass is 19.1. The maximum Gasteiger partial charge on any atom is 0.352 e. The number of carbonyl (C=O) groups is 1. The molecule has 4 heteroatoms. The first kappa shape index (κ1) is 9.45. The molecule has 0 amide bonds. The SMILES string of the molecule is O=C(O)c1cccn1-c1cccc(F)c1. The highest BCUT2D eigenvalue weighted by molar-refractivity contribution is 5.86. The Morgan fingerprint density at radius 1 is 1.27 bits per heavy atom. The molecule has 1 aromatic heterocycles. The van der Waals surface area contributed by atoms with E-state index in [1.807, 2.05) is 0 Å². The predicted molar refractivity (Wildman–Crippen MR) is 52.7 cm³/mol. The summed E-state index contributed by atoms with van der Waals surface area (Å²) >= 11 is 0. The van der Waals surface area contributed by atoms with E-state index in [9.17, 15) is 9.18 Å². The van der Waals surface area contributed by atoms with Crippen molar-refractivity contribution in [3.63, 3.8) is 0 Å². The van der Waals surface area contributed by atoms with E-state index in [4.69, 9.17) is 5.11 Å². The van der Waals surface area contributed by atoms with Crippen molar-refractivity contribution in [3.8, 4) is 5.69 Å². The van der Waals surface area contributed by atoms with Gasteiger partial charge >= 0.3 is 5.97 Å². The number of carboxylic acid groups (broad SMARTS) is 1. The van der Waals surface area contributed by atoms with Gasteiger partial charge in [0.15, 0.2) is 0 Å². The Morgan fingerprint density at radius 3 is 2.73 bits per heavy atom. The third-order valence-corrected chi connectivity index (χ3v) is 2.05. The van der Waals surface area contributed by atoms with Crippen molar-refractivity contribution < 1.29 is 14.3 Å². The van der Waals surface area contributed by atoms with E-state index in [-0.39, 0.29) is 5.69 Å². The van der Waals surface area contributed by atoms with Crippen LogP contribution in [0.3, 0.4) is 0 Å². The molecular formula is C11H8FNO2. The maximum atomic E-state index is 12.9. The van der Waals surface area contributed by atoms with Gasteiger partial charge in [0.25, 0.3) is 0 Å². The van der Waals surface area contributed by atoms with Crippen molar-refractivity contribution in [2.75, 3.05) is 0 Å². The summed E-state index contributed by atoms with van der Waals surface area (Å²) in [6, 6.07) is 8.85. The van der Waals surface area contributed by atoms with E-state index in [1.165, 1.54) is 28.8 Å². The number of nitrogens with zero attached hydrogens (tertiary/aromatic N) is 1. The third kappa shape index (κ3) is 1.74. The second kappa shape index (κ2) is 3.57. The Kier molecular flexibility index (Phi) is 2.25. The zero-order chi connectivity index (χ0) is 10.8. The van der Waals surface area contributed by atoms with Gasteiger partial charge in [-0.2, -0.15) is 0 Å². The van der Waals surface area contributed by atoms with Crippen LogP contribution < -0.4 is 0 Å². The van der Waals surface area contributed by atoms with Crippen molar-refractivity contribution in [2.45, 2.75) is 0 Å². The number of benzene rings is 1. The summed E-state index contributed by atoms with van der Waals surface area (Å²) in [4.78, 5) is 10.8. The van der Waals surface area contributed by atoms with Crippen LogP contribution in [0.5, 0.6) is 0 Å². The summed E-state index contributed by atoms with van der Waals surface area (Å²) in [5.41, 5.74) is 0.609. The topological polar surface area (TPSA) is 42.2 Å². The third-order valence-electron chi connectivity index (χ3n) is 2.05. The molecule has 0 fully saturated rings. The predicted octanol–water partition coefficient (Wildman–Crippen LogP) is 2.31. The van der Waals surface area contributed by atoms with E-state index in [2.05, 4.69) is 0 Å². The normalized spacial score (nSPS) is 10.2. The van der Waals surface area contributed by atoms with E-state index in [0.29, 0.717) is 5.69 Å². The largest absolute Gasteiger partial charge is 0.477 e. The van der Waals surface area contributed by atoms with Gasteiger partial charge in [-0.05, 0) is 30.3 Å². The number of rotatable bonds is 2. The molecule has 0 atom stereocenters. The van der Waals surface area contributed by atoms with Crippen molar-refractivity contribution in [1.29, 1.82) is 0 Å². The van der Waals surface area contributed by atoms with Crippen molar-refractivity contribution >= 4 is 5.97 Å². The van der Waals surface area contributed by atoms with Crippen LogP contribution in [-0.2, 0) is 0 Å². The van der Waals surface area contributed by atoms with E-state index >= 15 is 0 Å². The molecule has 3 nitrogen and oxygen atoms in total. The summed E-state index contributed by atoms with van der Waals surface area (Å²) in [6.45, 7) is 0. The molecule has 2 rings (SSSR count). The van der Waals surface area contributed by atoms with E-state index in [0.717, 1.165) is 0 Å². The molecule has 0 radical (unpaired) electrons. The number of aromatic carboxylic acids is 1. The standard InChI is InChI=1S/C11H8FNO2/c12-8-3-1-4-9(7-8)13-6-2-5-10(13)11(14)15/h1-7H,(H,14,15). The molecule has 1 N–H and O–H groups in total. The van der Waals surface area contributed by atoms with Gasteiger partial charge < -0.3 is 9.67 Å². The Morgan fingerprint density at radius 2 is 2.07 bits per heavy atom. The zero-order valence-electron chi connectivity index (χ0n) is 7.72. The molecular weight excluding hydrogens is 197 g/mol. The molecule has 0 aliphatic rings. The van der Waals surface area contributed by atoms with Crippen LogP contribution in [0.25, 0.3) is 5.69 Å². The molecule has 0 unspecified atom stereocenters. The van der Waals surface area contributed by atoms with Crippen molar-refractivity contribution in [3.05, 3.63) is 54.1 Å². The first-order chi connectivity index (χ1) is 7.18. The molecule has 0 aliphatic heterocycles. The molecule has 0 bridgehead atoms. The fourth-order valence-electron chi connectivity index (χ4n) is 1.41. The van der Waals surface area contributed by atoms with Crippen LogP contribution in [0.1, 0.15) is 10.5 Å². The lowest BCUT2D eigenvalue weighted by molar-refractivity contribution is 0.0688. The highest BCUT2D eigenvalue weighted by Gasteiger charge is 2.09. The zero-order valence-corrected chi connectivity index (χ0v) is 7.72. The summed E-state index contributed by atoms with van der Waals surface area (Å²) in [5, 5.41) is 8.87. The second-order valence-corrected chi connectivity index (χ2v) is 3.05. The summed E-state index contributed by atoms with van der Waals surface area (Å²) in [5.74, 6) is -1.43. The fraction of sp³-hybridized carbons (Fsp3) is 0. The minimum absolute atomic E-state index is 0.112. The Labute approximate surface area is 85.4 Å². The van der Waals surface area contributed by atoms with Crippen LogP contribution >= 0.6 is 0 Å². The molecule has 0 saturated heterocycles. The van der Waals surface area contributed by atoms with Crippen molar-refractivity contribution in [1.82, 2.24) is 4.57 Å². The minimum Gasteiger partial charge on any atom is -0.477 e. The van der Waals surface area contributed by atoms with Crippen LogP contribution in [0.4, 0.5) is 4.39 Å². The van der Waals surface area contributed by atoms with Gasteiger partial charge in [-0.15, -0.1) is 0 Å². The van der Waals surface area contributed by atoms with E-state index < -0.39 is 11.8 Å². The van der Waals surface area contributed by atoms with Gasteiger partial charge in [0.1, 0.15) is 11.5 Å². The highest BCUT2D eigenvalue weighted by Crippen LogP contribution is 2.13. The summed E-state index contributed by atoms with van der Waals surface area (Å²) in [6.07, 6.45) is 1.58. The number of hydrogen-bond acceptors (Lipinski definition) is 1. The fourth-order valence-corrected chi connectivity index (χ4v) is 1.41. The van der Waals surface area contributed by atoms with Crippen LogP contribution in [0.2, 0.25) is 0 Å². The number of carboxylic acids is 1. The molecule has 0 spiro atoms. The lowest BCUT2D eigenvalue weighted by Crippen LogP contribution is -2.05. The van der Waals surface area contributed by atoms with Crippen molar-refractivity contribution in [2.24, 2.45) is 0 Å². The average molecular weight is 205 g/mol. The molecule has 15 heavy (non-hydrogen) atoms. The quantitative estimate of drug-likeness (QED) is 0.817. The summed E-state index contributed by atoms with van der Waals surface area (Å²) in [7, 11) is 0. The lowest BCUT2D eigenvalue weighted by atomic mass is 10.3. The second-order valence-electron chi connectivity index (χ2n) is 3.05. The molecule has 1 aromatic carbocycles. The molecule has 0 saturated carbocycles. The van der Waals surface area contributed by atoms with Crippen LogP contribution in [0.15, 0.2) is 42.6 Å². The molecule has 0 aliphatic carbocycles. The van der Waals surface area contributed by atoms with Gasteiger partial charge in [-0.25, -0.2) is 9.18 Å². The summed E-state index contributed by atoms with van der Waals surface area (Å²) < 4.78 is 14.4. The van der Waals surface area contributed by atoms with Gasteiger partial charge in [0.2, 0.25) is 0 Å². The van der Waals surface area contributed by atoms with Gasteiger partial charge in [-0.3, -0.25) is 0 Å². The smallest absolute Gasteiger partial charge is 0.352 e. The maximum absolute atomic E-state index is 12.9. The number of aromatic nitrogens is 1. The average Bonchev–Trinajstić information content (AvgIpc) is 2.65. The van der Waals surface area contributed by atoms with Crippen LogP contribution in [-0.4, -0.2) is 15.6 Å². The lowest BCUT2D eigenvalue weighted by Gasteiger charge is -2.05. The Hall–Kier alpha value is -2.10. The molecule has 2 aromatic rings. The Balaban J connectivity index is 2.54. The molecule has 1 heterocycles. The van der Waals surface area contributed by atoms with E-state index in [1.54, 1.807) is 18.3 Å². The minimum atomic E-state index is -1.04. The first-order valence-electron chi connectivity index (χ1n) is 4.35. The Bertz CT molecular complexity index is 505. The number of hydrogen-bond donors (Lipinski definition) is 1.